The molecule has 116 valence electrons. The van der Waals surface area contributed by atoms with Gasteiger partial charge in [-0.15, -0.1) is 0 Å². The summed E-state index contributed by atoms with van der Waals surface area (Å²) in [5.74, 6) is 1.80. The number of benzene rings is 1. The number of halogens is 1. The van der Waals surface area contributed by atoms with Crippen molar-refractivity contribution in [3.8, 4) is 17.1 Å². The molecule has 0 radical (unpaired) electrons. The first-order valence-corrected chi connectivity index (χ1v) is 7.64. The van der Waals surface area contributed by atoms with Crippen molar-refractivity contribution in [3.63, 3.8) is 0 Å². The van der Waals surface area contributed by atoms with Crippen molar-refractivity contribution in [2.24, 2.45) is 11.7 Å². The van der Waals surface area contributed by atoms with Gasteiger partial charge < -0.3 is 15.2 Å². The summed E-state index contributed by atoms with van der Waals surface area (Å²) < 4.78 is 11.2. The lowest BCUT2D eigenvalue weighted by Gasteiger charge is -2.28. The molecule has 2 aromatic rings. The number of rotatable bonds is 4. The Balaban J connectivity index is 1.60. The molecule has 1 saturated heterocycles. The van der Waals surface area contributed by atoms with E-state index >= 15 is 0 Å². The Labute approximate surface area is 134 Å². The van der Waals surface area contributed by atoms with Crippen molar-refractivity contribution < 1.29 is 9.47 Å². The van der Waals surface area contributed by atoms with E-state index in [-0.39, 0.29) is 6.04 Å². The van der Waals surface area contributed by atoms with E-state index in [9.17, 15) is 0 Å². The van der Waals surface area contributed by atoms with Crippen LogP contribution in [0.25, 0.3) is 11.4 Å². The summed E-state index contributed by atoms with van der Waals surface area (Å²) >= 11 is 5.79. The van der Waals surface area contributed by atoms with Gasteiger partial charge in [0.15, 0.2) is 5.82 Å². The molecule has 0 amide bonds. The molecule has 1 aromatic carbocycles. The Bertz CT molecular complexity index is 604. The molecule has 0 spiro atoms. The van der Waals surface area contributed by atoms with Crippen LogP contribution in [0.4, 0.5) is 0 Å². The van der Waals surface area contributed by atoms with E-state index in [1.165, 1.54) is 0 Å². The predicted octanol–water partition coefficient (Wildman–Crippen LogP) is 2.54. The van der Waals surface area contributed by atoms with Gasteiger partial charge in [0.2, 0.25) is 0 Å². The molecule has 2 N–H and O–H groups in total. The summed E-state index contributed by atoms with van der Waals surface area (Å²) in [5.41, 5.74) is 6.95. The standard InChI is InChI=1S/C16H18ClN3O2/c17-13-7-19-16(20-8-13)11-1-3-14(4-2-11)22-9-12-5-6-21-10-15(12)18/h1-4,7-8,12,15H,5-6,9-10,18H2/t12-,15+/m1/s1. The van der Waals surface area contributed by atoms with Crippen LogP contribution in [0.5, 0.6) is 5.75 Å². The van der Waals surface area contributed by atoms with Gasteiger partial charge in [-0.2, -0.15) is 0 Å². The predicted molar refractivity (Wildman–Crippen MR) is 84.9 cm³/mol. The number of nitrogens with two attached hydrogens (primary N) is 1. The van der Waals surface area contributed by atoms with E-state index in [1.807, 2.05) is 24.3 Å². The van der Waals surface area contributed by atoms with Crippen molar-refractivity contribution in [1.29, 1.82) is 0 Å². The third-order valence-electron chi connectivity index (χ3n) is 3.75. The highest BCUT2D eigenvalue weighted by molar-refractivity contribution is 6.30. The molecule has 0 saturated carbocycles. The summed E-state index contributed by atoms with van der Waals surface area (Å²) in [5, 5.41) is 0.525. The van der Waals surface area contributed by atoms with E-state index in [0.29, 0.717) is 30.0 Å². The average Bonchev–Trinajstić information content (AvgIpc) is 2.55. The molecule has 0 aliphatic carbocycles. The van der Waals surface area contributed by atoms with Crippen molar-refractivity contribution in [2.45, 2.75) is 12.5 Å². The molecule has 2 heterocycles. The lowest BCUT2D eigenvalue weighted by atomic mass is 9.97. The van der Waals surface area contributed by atoms with Crippen LogP contribution >= 0.6 is 11.6 Å². The zero-order valence-electron chi connectivity index (χ0n) is 12.1. The third-order valence-corrected chi connectivity index (χ3v) is 3.94. The van der Waals surface area contributed by atoms with Crippen LogP contribution in [0, 0.1) is 5.92 Å². The fraction of sp³-hybridized carbons (Fsp3) is 0.375. The van der Waals surface area contributed by atoms with E-state index in [4.69, 9.17) is 26.8 Å². The van der Waals surface area contributed by atoms with Crippen LogP contribution in [-0.4, -0.2) is 35.8 Å². The minimum Gasteiger partial charge on any atom is -0.493 e. The van der Waals surface area contributed by atoms with Gasteiger partial charge >= 0.3 is 0 Å². The second-order valence-electron chi connectivity index (χ2n) is 5.35. The lowest BCUT2D eigenvalue weighted by Crippen LogP contribution is -2.42. The van der Waals surface area contributed by atoms with Crippen LogP contribution in [0.1, 0.15) is 6.42 Å². The number of hydrogen-bond acceptors (Lipinski definition) is 5. The van der Waals surface area contributed by atoms with Crippen LogP contribution in [0.3, 0.4) is 0 Å². The van der Waals surface area contributed by atoms with E-state index in [1.54, 1.807) is 12.4 Å². The largest absolute Gasteiger partial charge is 0.493 e. The molecular formula is C16H18ClN3O2. The minimum atomic E-state index is 0.0514. The highest BCUT2D eigenvalue weighted by Gasteiger charge is 2.22. The Kier molecular flexibility index (Phi) is 4.87. The summed E-state index contributed by atoms with van der Waals surface area (Å²) in [7, 11) is 0. The molecule has 1 aliphatic rings. The Hall–Kier alpha value is -1.69. The minimum absolute atomic E-state index is 0.0514. The maximum Gasteiger partial charge on any atom is 0.159 e. The second-order valence-corrected chi connectivity index (χ2v) is 5.78. The molecule has 22 heavy (non-hydrogen) atoms. The van der Waals surface area contributed by atoms with E-state index < -0.39 is 0 Å². The van der Waals surface area contributed by atoms with Gasteiger partial charge in [-0.05, 0) is 30.7 Å². The summed E-state index contributed by atoms with van der Waals surface area (Å²) in [6, 6.07) is 7.75. The van der Waals surface area contributed by atoms with Crippen LogP contribution in [-0.2, 0) is 4.74 Å². The maximum absolute atomic E-state index is 6.02. The number of ether oxygens (including phenoxy) is 2. The van der Waals surface area contributed by atoms with E-state index in [2.05, 4.69) is 9.97 Å². The van der Waals surface area contributed by atoms with E-state index in [0.717, 1.165) is 24.3 Å². The Morgan fingerprint density at radius 1 is 1.23 bits per heavy atom. The van der Waals surface area contributed by atoms with Crippen molar-refractivity contribution in [1.82, 2.24) is 9.97 Å². The Morgan fingerprint density at radius 2 is 1.95 bits per heavy atom. The van der Waals surface area contributed by atoms with Gasteiger partial charge in [0.1, 0.15) is 5.75 Å². The first-order valence-electron chi connectivity index (χ1n) is 7.26. The second kappa shape index (κ2) is 7.05. The molecule has 6 heteroatoms. The highest BCUT2D eigenvalue weighted by atomic mass is 35.5. The third kappa shape index (κ3) is 3.74. The van der Waals surface area contributed by atoms with Gasteiger partial charge in [-0.25, -0.2) is 9.97 Å². The smallest absolute Gasteiger partial charge is 0.159 e. The maximum atomic E-state index is 6.02. The summed E-state index contributed by atoms with van der Waals surface area (Å²) in [6.45, 7) is 1.98. The number of nitrogens with zero attached hydrogens (tertiary/aromatic N) is 2. The highest BCUT2D eigenvalue weighted by Crippen LogP contribution is 2.21. The average molecular weight is 320 g/mol. The molecule has 2 atom stereocenters. The molecule has 0 unspecified atom stereocenters. The quantitative estimate of drug-likeness (QED) is 0.937. The molecule has 3 rings (SSSR count). The zero-order valence-corrected chi connectivity index (χ0v) is 12.9. The monoisotopic (exact) mass is 319 g/mol. The molecule has 5 nitrogen and oxygen atoms in total. The van der Waals surface area contributed by atoms with Crippen molar-refractivity contribution in [3.05, 3.63) is 41.7 Å². The summed E-state index contributed by atoms with van der Waals surface area (Å²) in [6.07, 6.45) is 4.11. The zero-order chi connectivity index (χ0) is 15.4. The first kappa shape index (κ1) is 15.2. The fourth-order valence-corrected chi connectivity index (χ4v) is 2.47. The summed E-state index contributed by atoms with van der Waals surface area (Å²) in [4.78, 5) is 8.39. The molecular weight excluding hydrogens is 302 g/mol. The molecule has 1 aromatic heterocycles. The number of hydrogen-bond donors (Lipinski definition) is 1. The van der Waals surface area contributed by atoms with Crippen LogP contribution in [0.15, 0.2) is 36.7 Å². The SMILES string of the molecule is N[C@H]1COCC[C@@H]1COc1ccc(-c2ncc(Cl)cn2)cc1. The van der Waals surface area contributed by atoms with Gasteiger partial charge in [0.25, 0.3) is 0 Å². The van der Waals surface area contributed by atoms with Crippen LogP contribution < -0.4 is 10.5 Å². The molecule has 1 aliphatic heterocycles. The lowest BCUT2D eigenvalue weighted by molar-refractivity contribution is 0.0328. The van der Waals surface area contributed by atoms with Crippen molar-refractivity contribution in [2.75, 3.05) is 19.8 Å². The molecule has 0 bridgehead atoms. The van der Waals surface area contributed by atoms with Crippen molar-refractivity contribution >= 4 is 11.6 Å². The van der Waals surface area contributed by atoms with Gasteiger partial charge in [0.05, 0.1) is 18.2 Å². The van der Waals surface area contributed by atoms with Gasteiger partial charge in [-0.1, -0.05) is 11.6 Å². The molecule has 1 fully saturated rings. The van der Waals surface area contributed by atoms with Crippen LogP contribution in [0.2, 0.25) is 5.02 Å². The fourth-order valence-electron chi connectivity index (χ4n) is 2.38. The number of aromatic nitrogens is 2. The van der Waals surface area contributed by atoms with Gasteiger partial charge in [-0.3, -0.25) is 0 Å². The van der Waals surface area contributed by atoms with Gasteiger partial charge in [0, 0.05) is 36.5 Å². The first-order chi connectivity index (χ1) is 10.7. The normalized spacial score (nSPS) is 21.5. The topological polar surface area (TPSA) is 70.3 Å². The Morgan fingerprint density at radius 3 is 2.64 bits per heavy atom.